The van der Waals surface area contributed by atoms with Crippen LogP contribution in [0.3, 0.4) is 0 Å². The monoisotopic (exact) mass is 255 g/mol. The van der Waals surface area contributed by atoms with Crippen LogP contribution >= 0.6 is 23.2 Å². The van der Waals surface area contributed by atoms with E-state index in [1.165, 1.54) is 0 Å². The SMILES string of the molecule is O=C=Nc1cc(Cl)cc(C(F)(F)F)c1Cl. The van der Waals surface area contributed by atoms with E-state index in [1.807, 2.05) is 0 Å². The van der Waals surface area contributed by atoms with Crippen molar-refractivity contribution >= 4 is 35.0 Å². The Kier molecular flexibility index (Phi) is 3.39. The summed E-state index contributed by atoms with van der Waals surface area (Å²) >= 11 is 10.8. The summed E-state index contributed by atoms with van der Waals surface area (Å²) in [6.45, 7) is 0. The van der Waals surface area contributed by atoms with Crippen molar-refractivity contribution in [1.29, 1.82) is 0 Å². The van der Waals surface area contributed by atoms with Gasteiger partial charge in [0, 0.05) is 5.02 Å². The highest BCUT2D eigenvalue weighted by atomic mass is 35.5. The number of nitrogens with zero attached hydrogens (tertiary/aromatic N) is 1. The predicted octanol–water partition coefficient (Wildman–Crippen LogP) is 3.98. The molecule has 0 spiro atoms. The molecule has 1 rings (SSSR count). The molecule has 0 saturated carbocycles. The van der Waals surface area contributed by atoms with E-state index in [0.29, 0.717) is 6.07 Å². The lowest BCUT2D eigenvalue weighted by atomic mass is 10.2. The van der Waals surface area contributed by atoms with Gasteiger partial charge in [-0.2, -0.15) is 18.2 Å². The largest absolute Gasteiger partial charge is 0.417 e. The Hall–Kier alpha value is -1.03. The Balaban J connectivity index is 3.48. The van der Waals surface area contributed by atoms with Crippen molar-refractivity contribution in [1.82, 2.24) is 0 Å². The molecular formula is C8H2Cl2F3NO. The molecule has 0 heterocycles. The van der Waals surface area contributed by atoms with Gasteiger partial charge in [-0.05, 0) is 12.1 Å². The molecule has 0 N–H and O–H groups in total. The average Bonchev–Trinajstić information content (AvgIpc) is 2.09. The van der Waals surface area contributed by atoms with Crippen LogP contribution in [0.1, 0.15) is 5.56 Å². The zero-order chi connectivity index (χ0) is 11.6. The van der Waals surface area contributed by atoms with Gasteiger partial charge in [-0.25, -0.2) is 4.79 Å². The highest BCUT2D eigenvalue weighted by Gasteiger charge is 2.34. The van der Waals surface area contributed by atoms with E-state index in [-0.39, 0.29) is 10.7 Å². The van der Waals surface area contributed by atoms with Crippen molar-refractivity contribution in [2.45, 2.75) is 6.18 Å². The molecule has 0 amide bonds. The molecule has 0 aromatic heterocycles. The third-order valence-corrected chi connectivity index (χ3v) is 2.11. The first-order valence-electron chi connectivity index (χ1n) is 3.50. The standard InChI is InChI=1S/C8H2Cl2F3NO/c9-4-1-5(8(11,12)13)7(10)6(2-4)14-3-15/h1-2H. The minimum absolute atomic E-state index is 0.208. The maximum Gasteiger partial charge on any atom is 0.417 e. The second kappa shape index (κ2) is 4.23. The van der Waals surface area contributed by atoms with E-state index < -0.39 is 16.8 Å². The smallest absolute Gasteiger partial charge is 0.211 e. The Bertz CT molecular complexity index is 438. The molecule has 0 saturated heterocycles. The van der Waals surface area contributed by atoms with Crippen LogP contribution in [0.25, 0.3) is 0 Å². The fourth-order valence-corrected chi connectivity index (χ4v) is 1.38. The van der Waals surface area contributed by atoms with E-state index in [1.54, 1.807) is 0 Å². The number of isocyanates is 1. The van der Waals surface area contributed by atoms with Crippen molar-refractivity contribution in [3.8, 4) is 0 Å². The highest BCUT2D eigenvalue weighted by Crippen LogP contribution is 2.41. The number of aliphatic imine (C=N–C) groups is 1. The molecule has 1 aromatic rings. The second-order valence-corrected chi connectivity index (χ2v) is 3.30. The lowest BCUT2D eigenvalue weighted by molar-refractivity contribution is -0.137. The van der Waals surface area contributed by atoms with Crippen LogP contribution in [0.4, 0.5) is 18.9 Å². The van der Waals surface area contributed by atoms with Gasteiger partial charge in [0.05, 0.1) is 16.3 Å². The Labute approximate surface area is 92.3 Å². The second-order valence-electron chi connectivity index (χ2n) is 2.49. The lowest BCUT2D eigenvalue weighted by Crippen LogP contribution is -2.05. The summed E-state index contributed by atoms with van der Waals surface area (Å²) in [5, 5.41) is -0.879. The number of hydrogen-bond acceptors (Lipinski definition) is 2. The number of alkyl halides is 3. The first kappa shape index (κ1) is 12.0. The summed E-state index contributed by atoms with van der Waals surface area (Å²) in [4.78, 5) is 12.9. The number of rotatable bonds is 1. The normalized spacial score (nSPS) is 11.0. The average molecular weight is 256 g/mol. The quantitative estimate of drug-likeness (QED) is 0.552. The molecule has 0 fully saturated rings. The molecule has 80 valence electrons. The van der Waals surface area contributed by atoms with Crippen LogP contribution in [-0.2, 0) is 11.0 Å². The third kappa shape index (κ3) is 2.72. The molecule has 1 aromatic carbocycles. The minimum atomic E-state index is -4.64. The molecule has 0 aliphatic rings. The lowest BCUT2D eigenvalue weighted by Gasteiger charge is -2.10. The van der Waals surface area contributed by atoms with Gasteiger partial charge in [-0.1, -0.05) is 23.2 Å². The molecule has 0 aliphatic carbocycles. The summed E-state index contributed by atoms with van der Waals surface area (Å²) in [5.41, 5.74) is -1.49. The van der Waals surface area contributed by atoms with Crippen molar-refractivity contribution in [2.75, 3.05) is 0 Å². The number of carbonyl (C=O) groups excluding carboxylic acids is 1. The van der Waals surface area contributed by atoms with Gasteiger partial charge in [0.15, 0.2) is 0 Å². The molecule has 7 heteroatoms. The molecule has 0 unspecified atom stereocenters. The minimum Gasteiger partial charge on any atom is -0.211 e. The maximum atomic E-state index is 12.4. The van der Waals surface area contributed by atoms with Gasteiger partial charge in [-0.15, -0.1) is 0 Å². The van der Waals surface area contributed by atoms with E-state index in [0.717, 1.165) is 12.1 Å². The van der Waals surface area contributed by atoms with E-state index in [4.69, 9.17) is 23.2 Å². The number of benzene rings is 1. The van der Waals surface area contributed by atoms with Crippen LogP contribution in [-0.4, -0.2) is 6.08 Å². The van der Waals surface area contributed by atoms with Crippen LogP contribution in [0.2, 0.25) is 10.0 Å². The van der Waals surface area contributed by atoms with Gasteiger partial charge in [0.2, 0.25) is 6.08 Å². The third-order valence-electron chi connectivity index (χ3n) is 1.49. The van der Waals surface area contributed by atoms with E-state index in [9.17, 15) is 18.0 Å². The van der Waals surface area contributed by atoms with Crippen LogP contribution in [0.5, 0.6) is 0 Å². The van der Waals surface area contributed by atoms with Gasteiger partial charge < -0.3 is 0 Å². The van der Waals surface area contributed by atoms with E-state index >= 15 is 0 Å². The number of hydrogen-bond donors (Lipinski definition) is 0. The zero-order valence-corrected chi connectivity index (χ0v) is 8.41. The molecule has 0 aliphatic heterocycles. The fourth-order valence-electron chi connectivity index (χ4n) is 0.912. The van der Waals surface area contributed by atoms with Crippen molar-refractivity contribution in [3.63, 3.8) is 0 Å². The molecule has 15 heavy (non-hydrogen) atoms. The Morgan fingerprint density at radius 3 is 2.33 bits per heavy atom. The summed E-state index contributed by atoms with van der Waals surface area (Å²) < 4.78 is 37.1. The summed E-state index contributed by atoms with van der Waals surface area (Å²) in [6, 6.07) is 1.71. The first-order chi connectivity index (χ1) is 6.86. The van der Waals surface area contributed by atoms with Gasteiger partial charge >= 0.3 is 6.18 Å². The van der Waals surface area contributed by atoms with Crippen molar-refractivity contribution < 1.29 is 18.0 Å². The fraction of sp³-hybridized carbons (Fsp3) is 0.125. The first-order valence-corrected chi connectivity index (χ1v) is 4.26. The van der Waals surface area contributed by atoms with Gasteiger partial charge in [0.25, 0.3) is 0 Å². The molecule has 0 atom stereocenters. The Morgan fingerprint density at radius 2 is 1.87 bits per heavy atom. The Morgan fingerprint density at radius 1 is 1.27 bits per heavy atom. The van der Waals surface area contributed by atoms with Crippen LogP contribution in [0.15, 0.2) is 17.1 Å². The van der Waals surface area contributed by atoms with Crippen molar-refractivity contribution in [3.05, 3.63) is 27.7 Å². The molecule has 0 bridgehead atoms. The van der Waals surface area contributed by atoms with Gasteiger partial charge in [0.1, 0.15) is 0 Å². The topological polar surface area (TPSA) is 29.4 Å². The zero-order valence-electron chi connectivity index (χ0n) is 6.90. The molecule has 2 nitrogen and oxygen atoms in total. The van der Waals surface area contributed by atoms with Gasteiger partial charge in [-0.3, -0.25) is 0 Å². The number of halogens is 5. The highest BCUT2D eigenvalue weighted by molar-refractivity contribution is 6.35. The predicted molar refractivity (Wildman–Crippen MR) is 49.2 cm³/mol. The van der Waals surface area contributed by atoms with Crippen molar-refractivity contribution in [2.24, 2.45) is 4.99 Å². The van der Waals surface area contributed by atoms with Crippen LogP contribution < -0.4 is 0 Å². The molecule has 0 radical (unpaired) electrons. The summed E-state index contributed by atoms with van der Waals surface area (Å²) in [7, 11) is 0. The summed E-state index contributed by atoms with van der Waals surface area (Å²) in [6.07, 6.45) is -3.55. The maximum absolute atomic E-state index is 12.4. The summed E-state index contributed by atoms with van der Waals surface area (Å²) in [5.74, 6) is 0. The van der Waals surface area contributed by atoms with Crippen LogP contribution in [0, 0.1) is 0 Å². The van der Waals surface area contributed by atoms with E-state index in [2.05, 4.69) is 4.99 Å². The molecular weight excluding hydrogens is 254 g/mol.